The van der Waals surface area contributed by atoms with Gasteiger partial charge in [-0.3, -0.25) is 0 Å². The van der Waals surface area contributed by atoms with Crippen molar-refractivity contribution in [2.24, 2.45) is 7.05 Å². The Morgan fingerprint density at radius 3 is 2.78 bits per heavy atom. The van der Waals surface area contributed by atoms with Gasteiger partial charge in [0.05, 0.1) is 0 Å². The number of hydrogen-bond donors (Lipinski definition) is 1. The summed E-state index contributed by atoms with van der Waals surface area (Å²) in [7, 11) is 1.90. The number of nitrogens with two attached hydrogens (primary N) is 1. The lowest BCUT2D eigenvalue weighted by atomic mass is 10.3. The molecule has 0 aliphatic heterocycles. The maximum absolute atomic E-state index is 5.91. The second-order valence-electron chi connectivity index (χ2n) is 4.03. The molecule has 0 atom stereocenters. The van der Waals surface area contributed by atoms with Gasteiger partial charge in [0.15, 0.2) is 5.16 Å². The fourth-order valence-electron chi connectivity index (χ4n) is 1.44. The molecule has 0 radical (unpaired) electrons. The summed E-state index contributed by atoms with van der Waals surface area (Å²) in [6, 6.07) is 0. The Bertz CT molecular complexity index is 550. The summed E-state index contributed by atoms with van der Waals surface area (Å²) in [5.41, 5.74) is 6.80. The normalized spacial score (nSPS) is 10.8. The molecule has 2 rings (SSSR count). The second kappa shape index (κ2) is 5.34. The molecular formula is C11H16N6S. The maximum atomic E-state index is 5.91. The van der Waals surface area contributed by atoms with Crippen LogP contribution in [0.3, 0.4) is 0 Å². The van der Waals surface area contributed by atoms with Gasteiger partial charge in [-0.15, -0.1) is 10.2 Å². The van der Waals surface area contributed by atoms with Crippen LogP contribution in [0.25, 0.3) is 0 Å². The fraction of sp³-hybridized carbons (Fsp3) is 0.455. The Kier molecular flexibility index (Phi) is 3.81. The van der Waals surface area contributed by atoms with E-state index in [1.165, 1.54) is 11.8 Å². The van der Waals surface area contributed by atoms with Crippen molar-refractivity contribution < 1.29 is 0 Å². The van der Waals surface area contributed by atoms with Crippen LogP contribution in [0, 0.1) is 6.92 Å². The van der Waals surface area contributed by atoms with Crippen molar-refractivity contribution in [1.82, 2.24) is 24.7 Å². The van der Waals surface area contributed by atoms with Gasteiger partial charge in [0.1, 0.15) is 23.0 Å². The molecule has 6 nitrogen and oxygen atoms in total. The third kappa shape index (κ3) is 2.61. The van der Waals surface area contributed by atoms with E-state index in [4.69, 9.17) is 5.73 Å². The smallest absolute Gasteiger partial charge is 0.197 e. The zero-order chi connectivity index (χ0) is 13.1. The topological polar surface area (TPSA) is 82.5 Å². The first-order chi connectivity index (χ1) is 8.61. The molecule has 0 aromatic carbocycles. The highest BCUT2D eigenvalue weighted by atomic mass is 32.2. The monoisotopic (exact) mass is 264 g/mol. The Balaban J connectivity index is 2.34. The molecule has 2 heterocycles. The van der Waals surface area contributed by atoms with E-state index < -0.39 is 0 Å². The fourth-order valence-corrected chi connectivity index (χ4v) is 2.31. The number of rotatable bonds is 4. The quantitative estimate of drug-likeness (QED) is 0.845. The lowest BCUT2D eigenvalue weighted by Crippen LogP contribution is -2.04. The van der Waals surface area contributed by atoms with E-state index in [1.54, 1.807) is 6.33 Å². The minimum absolute atomic E-state index is 0.540. The van der Waals surface area contributed by atoms with Gasteiger partial charge in [0, 0.05) is 19.0 Å². The molecule has 7 heteroatoms. The van der Waals surface area contributed by atoms with Crippen LogP contribution in [0.1, 0.15) is 24.7 Å². The molecule has 0 fully saturated rings. The van der Waals surface area contributed by atoms with Crippen molar-refractivity contribution in [3.63, 3.8) is 0 Å². The molecular weight excluding hydrogens is 248 g/mol. The first-order valence-electron chi connectivity index (χ1n) is 5.76. The van der Waals surface area contributed by atoms with Gasteiger partial charge < -0.3 is 10.3 Å². The number of anilines is 1. The molecule has 0 unspecified atom stereocenters. The van der Waals surface area contributed by atoms with Crippen molar-refractivity contribution in [3.05, 3.63) is 17.7 Å². The van der Waals surface area contributed by atoms with Gasteiger partial charge >= 0.3 is 0 Å². The highest BCUT2D eigenvalue weighted by Crippen LogP contribution is 2.28. The zero-order valence-electron chi connectivity index (χ0n) is 10.7. The van der Waals surface area contributed by atoms with Gasteiger partial charge in [0.2, 0.25) is 0 Å². The predicted molar refractivity (Wildman–Crippen MR) is 70.3 cm³/mol. The number of aryl methyl sites for hydroxylation is 2. The Morgan fingerprint density at radius 2 is 2.17 bits per heavy atom. The molecule has 2 aromatic rings. The van der Waals surface area contributed by atoms with Gasteiger partial charge in [-0.1, -0.05) is 6.92 Å². The molecule has 2 aromatic heterocycles. The van der Waals surface area contributed by atoms with Crippen molar-refractivity contribution in [1.29, 1.82) is 0 Å². The SMILES string of the molecule is CCCc1nc(N)c(C)c(Sc2nncn2C)n1. The molecule has 0 saturated heterocycles. The summed E-state index contributed by atoms with van der Waals surface area (Å²) in [5.74, 6) is 1.32. The standard InChI is InChI=1S/C11H16N6S/c1-4-5-8-14-9(12)7(2)10(15-8)18-11-16-13-6-17(11)3/h6H,4-5H2,1-3H3,(H2,12,14,15). The van der Waals surface area contributed by atoms with Gasteiger partial charge in [-0.25, -0.2) is 9.97 Å². The first-order valence-corrected chi connectivity index (χ1v) is 6.58. The van der Waals surface area contributed by atoms with E-state index in [0.717, 1.165) is 34.4 Å². The average Bonchev–Trinajstić information content (AvgIpc) is 2.72. The highest BCUT2D eigenvalue weighted by molar-refractivity contribution is 7.99. The van der Waals surface area contributed by atoms with Crippen LogP contribution in [0.4, 0.5) is 5.82 Å². The van der Waals surface area contributed by atoms with Crippen LogP contribution >= 0.6 is 11.8 Å². The highest BCUT2D eigenvalue weighted by Gasteiger charge is 2.12. The van der Waals surface area contributed by atoms with Crippen LogP contribution in [0.15, 0.2) is 16.5 Å². The minimum atomic E-state index is 0.540. The van der Waals surface area contributed by atoms with E-state index in [2.05, 4.69) is 27.1 Å². The number of nitrogen functional groups attached to an aromatic ring is 1. The Labute approximate surface area is 110 Å². The lowest BCUT2D eigenvalue weighted by molar-refractivity contribution is 0.778. The third-order valence-electron chi connectivity index (χ3n) is 2.52. The molecule has 96 valence electrons. The van der Waals surface area contributed by atoms with E-state index in [1.807, 2.05) is 18.5 Å². The summed E-state index contributed by atoms with van der Waals surface area (Å²) in [6.07, 6.45) is 3.49. The van der Waals surface area contributed by atoms with Gasteiger partial charge in [-0.2, -0.15) is 0 Å². The van der Waals surface area contributed by atoms with E-state index in [-0.39, 0.29) is 0 Å². The van der Waals surface area contributed by atoms with Crippen LogP contribution in [-0.2, 0) is 13.5 Å². The molecule has 2 N–H and O–H groups in total. The summed E-state index contributed by atoms with van der Waals surface area (Å²) >= 11 is 1.46. The van der Waals surface area contributed by atoms with Crippen LogP contribution in [0.2, 0.25) is 0 Å². The molecule has 0 bridgehead atoms. The van der Waals surface area contributed by atoms with E-state index >= 15 is 0 Å². The van der Waals surface area contributed by atoms with E-state index in [9.17, 15) is 0 Å². The molecule has 0 aliphatic rings. The largest absolute Gasteiger partial charge is 0.383 e. The molecule has 18 heavy (non-hydrogen) atoms. The maximum Gasteiger partial charge on any atom is 0.197 e. The zero-order valence-corrected chi connectivity index (χ0v) is 11.5. The summed E-state index contributed by atoms with van der Waals surface area (Å²) in [6.45, 7) is 4.01. The first kappa shape index (κ1) is 12.8. The van der Waals surface area contributed by atoms with Crippen molar-refractivity contribution in [3.8, 4) is 0 Å². The van der Waals surface area contributed by atoms with Crippen LogP contribution in [0.5, 0.6) is 0 Å². The van der Waals surface area contributed by atoms with Crippen LogP contribution < -0.4 is 5.73 Å². The molecule has 0 saturated carbocycles. The third-order valence-corrected chi connectivity index (χ3v) is 3.66. The van der Waals surface area contributed by atoms with Crippen molar-refractivity contribution in [2.45, 2.75) is 36.9 Å². The molecule has 0 aliphatic carbocycles. The van der Waals surface area contributed by atoms with E-state index in [0.29, 0.717) is 5.82 Å². The van der Waals surface area contributed by atoms with Gasteiger partial charge in [-0.05, 0) is 25.1 Å². The van der Waals surface area contributed by atoms with Crippen molar-refractivity contribution in [2.75, 3.05) is 5.73 Å². The van der Waals surface area contributed by atoms with Crippen molar-refractivity contribution >= 4 is 17.6 Å². The summed E-state index contributed by atoms with van der Waals surface area (Å²) in [5, 5.41) is 9.52. The Morgan fingerprint density at radius 1 is 1.39 bits per heavy atom. The molecule has 0 amide bonds. The summed E-state index contributed by atoms with van der Waals surface area (Å²) in [4.78, 5) is 8.81. The summed E-state index contributed by atoms with van der Waals surface area (Å²) < 4.78 is 1.85. The minimum Gasteiger partial charge on any atom is -0.383 e. The van der Waals surface area contributed by atoms with Crippen LogP contribution in [-0.4, -0.2) is 24.7 Å². The second-order valence-corrected chi connectivity index (χ2v) is 4.99. The lowest BCUT2D eigenvalue weighted by Gasteiger charge is -2.08. The Hall–Kier alpha value is -1.63. The number of hydrogen-bond acceptors (Lipinski definition) is 6. The average molecular weight is 264 g/mol. The number of nitrogens with zero attached hydrogens (tertiary/aromatic N) is 5. The molecule has 0 spiro atoms. The number of aromatic nitrogens is 5. The van der Waals surface area contributed by atoms with Gasteiger partial charge in [0.25, 0.3) is 0 Å². The predicted octanol–water partition coefficient (Wildman–Crippen LogP) is 1.60.